The number of aromatic carboxylic acids is 1. The van der Waals surface area contributed by atoms with Crippen molar-refractivity contribution < 1.29 is 9.90 Å². The quantitative estimate of drug-likeness (QED) is 0.919. The van der Waals surface area contributed by atoms with E-state index in [9.17, 15) is 4.79 Å². The maximum Gasteiger partial charge on any atom is 0.375 e. The second-order valence-corrected chi connectivity index (χ2v) is 4.90. The van der Waals surface area contributed by atoms with Crippen molar-refractivity contribution in [1.29, 1.82) is 5.26 Å². The largest absolute Gasteiger partial charge is 0.475 e. The second kappa shape index (κ2) is 4.46. The van der Waals surface area contributed by atoms with Gasteiger partial charge in [0.2, 0.25) is 0 Å². The highest BCUT2D eigenvalue weighted by Gasteiger charge is 2.31. The van der Waals surface area contributed by atoms with Crippen LogP contribution in [0.15, 0.2) is 18.2 Å². The molecule has 0 bridgehead atoms. The number of hydrogen-bond donors (Lipinski definition) is 1. The number of aryl methyl sites for hydroxylation is 1. The molecule has 1 heterocycles. The van der Waals surface area contributed by atoms with Crippen LogP contribution in [0.25, 0.3) is 5.69 Å². The summed E-state index contributed by atoms with van der Waals surface area (Å²) >= 11 is 0. The molecular formula is C14H12N4O2. The Bertz CT molecular complexity index is 738. The molecule has 0 saturated heterocycles. The summed E-state index contributed by atoms with van der Waals surface area (Å²) < 4.78 is 1.57. The Hall–Kier alpha value is -2.68. The number of carbonyl (C=O) groups is 1. The van der Waals surface area contributed by atoms with Gasteiger partial charge in [0.1, 0.15) is 5.82 Å². The number of aromatic nitrogens is 3. The van der Waals surface area contributed by atoms with E-state index in [4.69, 9.17) is 10.4 Å². The number of carboxylic acids is 1. The second-order valence-electron chi connectivity index (χ2n) is 4.90. The molecule has 6 heteroatoms. The molecule has 0 amide bonds. The van der Waals surface area contributed by atoms with Crippen molar-refractivity contribution in [1.82, 2.24) is 14.8 Å². The fourth-order valence-corrected chi connectivity index (χ4v) is 2.10. The Balaban J connectivity index is 2.18. The monoisotopic (exact) mass is 268 g/mol. The van der Waals surface area contributed by atoms with Crippen molar-refractivity contribution in [3.05, 3.63) is 41.0 Å². The molecule has 1 aliphatic rings. The average molecular weight is 268 g/mol. The Labute approximate surface area is 115 Å². The van der Waals surface area contributed by atoms with Crippen molar-refractivity contribution in [3.63, 3.8) is 0 Å². The minimum absolute atomic E-state index is 0.200. The minimum atomic E-state index is -1.14. The van der Waals surface area contributed by atoms with E-state index in [1.165, 1.54) is 0 Å². The van der Waals surface area contributed by atoms with Crippen LogP contribution in [0.4, 0.5) is 0 Å². The molecule has 0 atom stereocenters. The lowest BCUT2D eigenvalue weighted by atomic mass is 10.1. The predicted molar refractivity (Wildman–Crippen MR) is 69.7 cm³/mol. The first-order chi connectivity index (χ1) is 9.60. The van der Waals surface area contributed by atoms with Gasteiger partial charge in [0.25, 0.3) is 5.82 Å². The zero-order chi connectivity index (χ0) is 14.3. The normalized spacial score (nSPS) is 14.0. The molecule has 0 spiro atoms. The lowest BCUT2D eigenvalue weighted by molar-refractivity contribution is 0.0683. The number of carboxylic acid groups (broad SMARTS) is 1. The van der Waals surface area contributed by atoms with Gasteiger partial charge in [-0.15, -0.1) is 5.10 Å². The molecule has 0 unspecified atom stereocenters. The fraction of sp³-hybridized carbons (Fsp3) is 0.286. The standard InChI is InChI=1S/C14H12N4O2/c1-8-2-3-9(7-15)6-11(8)18-13(10-4-5-10)16-12(17-18)14(19)20/h2-3,6,10H,4-5H2,1H3,(H,19,20). The lowest BCUT2D eigenvalue weighted by Gasteiger charge is -2.08. The van der Waals surface area contributed by atoms with Gasteiger partial charge in [0, 0.05) is 5.92 Å². The van der Waals surface area contributed by atoms with E-state index in [0.717, 1.165) is 18.4 Å². The van der Waals surface area contributed by atoms with Crippen molar-refractivity contribution in [2.75, 3.05) is 0 Å². The first-order valence-electron chi connectivity index (χ1n) is 6.31. The highest BCUT2D eigenvalue weighted by molar-refractivity contribution is 5.83. The molecule has 1 saturated carbocycles. The van der Waals surface area contributed by atoms with Gasteiger partial charge in [0.05, 0.1) is 17.3 Å². The van der Waals surface area contributed by atoms with Crippen LogP contribution in [-0.4, -0.2) is 25.8 Å². The van der Waals surface area contributed by atoms with Crippen LogP contribution in [0.3, 0.4) is 0 Å². The molecular weight excluding hydrogens is 256 g/mol. The summed E-state index contributed by atoms with van der Waals surface area (Å²) in [5.41, 5.74) is 2.15. The van der Waals surface area contributed by atoms with Gasteiger partial charge in [-0.2, -0.15) is 5.26 Å². The molecule has 3 rings (SSSR count). The van der Waals surface area contributed by atoms with E-state index in [1.807, 2.05) is 13.0 Å². The lowest BCUT2D eigenvalue weighted by Crippen LogP contribution is -2.05. The summed E-state index contributed by atoms with van der Waals surface area (Å²) in [6.07, 6.45) is 1.99. The molecule has 2 aromatic rings. The van der Waals surface area contributed by atoms with Crippen LogP contribution in [0.1, 0.15) is 46.3 Å². The Morgan fingerprint density at radius 2 is 2.25 bits per heavy atom. The van der Waals surface area contributed by atoms with E-state index in [0.29, 0.717) is 17.1 Å². The predicted octanol–water partition coefficient (Wildman–Crippen LogP) is 2.02. The highest BCUT2D eigenvalue weighted by Crippen LogP contribution is 2.40. The van der Waals surface area contributed by atoms with Crippen LogP contribution >= 0.6 is 0 Å². The Morgan fingerprint density at radius 3 is 2.85 bits per heavy atom. The number of benzene rings is 1. The highest BCUT2D eigenvalue weighted by atomic mass is 16.4. The zero-order valence-electron chi connectivity index (χ0n) is 10.9. The van der Waals surface area contributed by atoms with Crippen molar-refractivity contribution in [2.24, 2.45) is 0 Å². The summed E-state index contributed by atoms with van der Waals surface area (Å²) in [7, 11) is 0. The third-order valence-corrected chi connectivity index (χ3v) is 3.33. The van der Waals surface area contributed by atoms with Crippen LogP contribution in [-0.2, 0) is 0 Å². The van der Waals surface area contributed by atoms with Crippen LogP contribution < -0.4 is 0 Å². The van der Waals surface area contributed by atoms with E-state index in [1.54, 1.807) is 16.8 Å². The molecule has 100 valence electrons. The maximum atomic E-state index is 11.1. The molecule has 1 N–H and O–H groups in total. The number of rotatable bonds is 3. The molecule has 0 radical (unpaired) electrons. The summed E-state index contributed by atoms with van der Waals surface area (Å²) in [4.78, 5) is 15.2. The van der Waals surface area contributed by atoms with Crippen LogP contribution in [0.2, 0.25) is 0 Å². The summed E-state index contributed by atoms with van der Waals surface area (Å²) in [6.45, 7) is 1.90. The first-order valence-corrected chi connectivity index (χ1v) is 6.31. The van der Waals surface area contributed by atoms with Gasteiger partial charge in [-0.3, -0.25) is 0 Å². The van der Waals surface area contributed by atoms with Gasteiger partial charge in [-0.25, -0.2) is 14.5 Å². The van der Waals surface area contributed by atoms with E-state index in [-0.39, 0.29) is 11.7 Å². The molecule has 1 aliphatic carbocycles. The van der Waals surface area contributed by atoms with E-state index in [2.05, 4.69) is 16.2 Å². The van der Waals surface area contributed by atoms with Gasteiger partial charge >= 0.3 is 5.97 Å². The van der Waals surface area contributed by atoms with Crippen LogP contribution in [0.5, 0.6) is 0 Å². The number of hydrogen-bond acceptors (Lipinski definition) is 4. The van der Waals surface area contributed by atoms with Crippen molar-refractivity contribution in [3.8, 4) is 11.8 Å². The fourth-order valence-electron chi connectivity index (χ4n) is 2.10. The van der Waals surface area contributed by atoms with Crippen molar-refractivity contribution >= 4 is 5.97 Å². The molecule has 6 nitrogen and oxygen atoms in total. The summed E-state index contributed by atoms with van der Waals surface area (Å²) in [5.74, 6) is -0.408. The maximum absolute atomic E-state index is 11.1. The molecule has 1 aromatic heterocycles. The molecule has 1 aromatic carbocycles. The third kappa shape index (κ3) is 2.03. The summed E-state index contributed by atoms with van der Waals surface area (Å²) in [6, 6.07) is 7.34. The smallest absolute Gasteiger partial charge is 0.375 e. The molecule has 20 heavy (non-hydrogen) atoms. The number of nitrogens with zero attached hydrogens (tertiary/aromatic N) is 4. The Morgan fingerprint density at radius 1 is 1.50 bits per heavy atom. The first kappa shape index (κ1) is 12.4. The molecule has 0 aliphatic heterocycles. The summed E-state index contributed by atoms with van der Waals surface area (Å²) in [5, 5.41) is 22.1. The van der Waals surface area contributed by atoms with E-state index < -0.39 is 5.97 Å². The third-order valence-electron chi connectivity index (χ3n) is 3.33. The van der Waals surface area contributed by atoms with Crippen molar-refractivity contribution in [2.45, 2.75) is 25.7 Å². The SMILES string of the molecule is Cc1ccc(C#N)cc1-n1nc(C(=O)O)nc1C1CC1. The number of nitriles is 1. The molecule has 1 fully saturated rings. The van der Waals surface area contributed by atoms with Gasteiger partial charge in [0.15, 0.2) is 0 Å². The van der Waals surface area contributed by atoms with E-state index >= 15 is 0 Å². The van der Waals surface area contributed by atoms with Crippen LogP contribution in [0, 0.1) is 18.3 Å². The van der Waals surface area contributed by atoms with Gasteiger partial charge in [-0.1, -0.05) is 6.07 Å². The van der Waals surface area contributed by atoms with Gasteiger partial charge in [-0.05, 0) is 37.5 Å². The topological polar surface area (TPSA) is 91.8 Å². The average Bonchev–Trinajstić information content (AvgIpc) is 3.18. The zero-order valence-corrected chi connectivity index (χ0v) is 10.9. The Kier molecular flexibility index (Phi) is 2.75. The van der Waals surface area contributed by atoms with Gasteiger partial charge < -0.3 is 5.11 Å². The minimum Gasteiger partial charge on any atom is -0.475 e.